The molecule has 1 aromatic carbocycles. The van der Waals surface area contributed by atoms with Crippen molar-refractivity contribution in [2.45, 2.75) is 27.2 Å². The number of hydrogen-bond donors (Lipinski definition) is 2. The van der Waals surface area contributed by atoms with E-state index in [2.05, 4.69) is 32.4 Å². The molecule has 2 aromatic heterocycles. The Morgan fingerprint density at radius 1 is 1.26 bits per heavy atom. The highest BCUT2D eigenvalue weighted by atomic mass is 16.1. The highest BCUT2D eigenvalue weighted by molar-refractivity contribution is 6.08. The summed E-state index contributed by atoms with van der Waals surface area (Å²) in [4.78, 5) is 29.5. The molecule has 3 aromatic rings. The molecule has 0 bridgehead atoms. The topological polar surface area (TPSA) is 83.0 Å². The van der Waals surface area contributed by atoms with Crippen LogP contribution in [0.1, 0.15) is 36.7 Å². The van der Waals surface area contributed by atoms with Gasteiger partial charge in [0.05, 0.1) is 24.0 Å². The Hall–Kier alpha value is -3.02. The number of nitrogens with one attached hydrogen (secondary N) is 2. The Labute approximate surface area is 158 Å². The SMILES string of the molecule is CC(C)(C)C(=O)c1c[nH]c2ncc(-c3cccc(CC4=NCCN4)c3)nc12. The van der Waals surface area contributed by atoms with E-state index in [1.54, 1.807) is 12.4 Å². The lowest BCUT2D eigenvalue weighted by molar-refractivity contribution is 0.0860. The summed E-state index contributed by atoms with van der Waals surface area (Å²) in [5.41, 5.74) is 4.28. The van der Waals surface area contributed by atoms with Gasteiger partial charge in [0.2, 0.25) is 0 Å². The molecule has 1 aliphatic rings. The first-order valence-electron chi connectivity index (χ1n) is 9.17. The first kappa shape index (κ1) is 17.4. The number of aliphatic imine (C=N–C) groups is 1. The normalized spacial score (nSPS) is 14.3. The average molecular weight is 361 g/mol. The fraction of sp³-hybridized carbons (Fsp3) is 0.333. The van der Waals surface area contributed by atoms with Crippen molar-refractivity contribution in [2.75, 3.05) is 13.1 Å². The lowest BCUT2D eigenvalue weighted by atomic mass is 9.87. The number of rotatable bonds is 4. The lowest BCUT2D eigenvalue weighted by Gasteiger charge is -2.15. The highest BCUT2D eigenvalue weighted by Gasteiger charge is 2.26. The van der Waals surface area contributed by atoms with E-state index in [0.29, 0.717) is 16.7 Å². The summed E-state index contributed by atoms with van der Waals surface area (Å²) in [7, 11) is 0. The fourth-order valence-corrected chi connectivity index (χ4v) is 3.21. The zero-order chi connectivity index (χ0) is 19.0. The van der Waals surface area contributed by atoms with Crippen molar-refractivity contribution in [3.05, 3.63) is 47.8 Å². The number of carbonyl (C=O) groups is 1. The first-order valence-corrected chi connectivity index (χ1v) is 9.17. The van der Waals surface area contributed by atoms with Crippen LogP contribution >= 0.6 is 0 Å². The molecule has 0 saturated carbocycles. The molecule has 0 radical (unpaired) electrons. The minimum atomic E-state index is -0.471. The van der Waals surface area contributed by atoms with Crippen LogP contribution in [0.3, 0.4) is 0 Å². The second-order valence-electron chi connectivity index (χ2n) is 7.87. The van der Waals surface area contributed by atoms with Crippen molar-refractivity contribution >= 4 is 22.8 Å². The Morgan fingerprint density at radius 3 is 2.85 bits per heavy atom. The van der Waals surface area contributed by atoms with Gasteiger partial charge in [-0.3, -0.25) is 9.79 Å². The van der Waals surface area contributed by atoms with Gasteiger partial charge in [0.1, 0.15) is 11.4 Å². The zero-order valence-corrected chi connectivity index (χ0v) is 15.8. The number of benzene rings is 1. The van der Waals surface area contributed by atoms with Crippen LogP contribution in [0.5, 0.6) is 0 Å². The smallest absolute Gasteiger partial charge is 0.171 e. The van der Waals surface area contributed by atoms with Crippen LogP contribution in [-0.2, 0) is 6.42 Å². The van der Waals surface area contributed by atoms with E-state index in [1.807, 2.05) is 32.9 Å². The molecule has 0 fully saturated rings. The summed E-state index contributed by atoms with van der Waals surface area (Å²) >= 11 is 0. The Bertz CT molecular complexity index is 1040. The number of fused-ring (bicyclic) bond motifs is 1. The van der Waals surface area contributed by atoms with Gasteiger partial charge in [-0.1, -0.05) is 39.0 Å². The largest absolute Gasteiger partial charge is 0.372 e. The van der Waals surface area contributed by atoms with Gasteiger partial charge in [0.25, 0.3) is 0 Å². The van der Waals surface area contributed by atoms with Gasteiger partial charge < -0.3 is 10.3 Å². The third-order valence-corrected chi connectivity index (χ3v) is 4.64. The van der Waals surface area contributed by atoms with Gasteiger partial charge in [-0.25, -0.2) is 9.97 Å². The van der Waals surface area contributed by atoms with E-state index >= 15 is 0 Å². The predicted molar refractivity (Wildman–Crippen MR) is 107 cm³/mol. The molecule has 0 saturated heterocycles. The molecular weight excluding hydrogens is 338 g/mol. The molecule has 0 amide bonds. The summed E-state index contributed by atoms with van der Waals surface area (Å²) in [5, 5.41) is 3.30. The number of nitrogens with zero attached hydrogens (tertiary/aromatic N) is 3. The summed E-state index contributed by atoms with van der Waals surface area (Å²) in [5.74, 6) is 1.08. The summed E-state index contributed by atoms with van der Waals surface area (Å²) < 4.78 is 0. The minimum Gasteiger partial charge on any atom is -0.372 e. The predicted octanol–water partition coefficient (Wildman–Crippen LogP) is 3.40. The van der Waals surface area contributed by atoms with E-state index in [4.69, 9.17) is 4.98 Å². The number of amidine groups is 1. The summed E-state index contributed by atoms with van der Waals surface area (Å²) in [6.45, 7) is 7.49. The highest BCUT2D eigenvalue weighted by Crippen LogP contribution is 2.27. The van der Waals surface area contributed by atoms with Crippen molar-refractivity contribution < 1.29 is 4.79 Å². The number of Topliss-reactive ketones (excluding diaryl/α,β-unsaturated/α-hetero) is 1. The molecule has 2 N–H and O–H groups in total. The number of ketones is 1. The van der Waals surface area contributed by atoms with Crippen molar-refractivity contribution in [1.82, 2.24) is 20.3 Å². The van der Waals surface area contributed by atoms with Crippen LogP contribution in [0.15, 0.2) is 41.7 Å². The molecule has 3 heterocycles. The molecule has 0 spiro atoms. The molecule has 0 aliphatic carbocycles. The van der Waals surface area contributed by atoms with E-state index in [0.717, 1.165) is 36.6 Å². The standard InChI is InChI=1S/C21H23N5O/c1-21(2,3)19(27)15-11-24-20-18(15)26-16(12-25-20)14-6-4-5-13(9-14)10-17-22-7-8-23-17/h4-6,9,11-12H,7-8,10H2,1-3H3,(H,22,23)(H,24,25). The Balaban J connectivity index is 1.71. The maximum Gasteiger partial charge on any atom is 0.171 e. The molecule has 0 unspecified atom stereocenters. The van der Waals surface area contributed by atoms with Crippen molar-refractivity contribution in [1.29, 1.82) is 0 Å². The molecule has 4 rings (SSSR count). The van der Waals surface area contributed by atoms with E-state index in [1.165, 1.54) is 5.56 Å². The third-order valence-electron chi connectivity index (χ3n) is 4.64. The quantitative estimate of drug-likeness (QED) is 0.698. The van der Waals surface area contributed by atoms with Crippen LogP contribution in [0, 0.1) is 5.41 Å². The van der Waals surface area contributed by atoms with E-state index in [9.17, 15) is 4.79 Å². The number of aromatic amines is 1. The van der Waals surface area contributed by atoms with E-state index < -0.39 is 5.41 Å². The Morgan fingerprint density at radius 2 is 2.11 bits per heavy atom. The monoisotopic (exact) mass is 361 g/mol. The van der Waals surface area contributed by atoms with Gasteiger partial charge in [-0.05, 0) is 11.6 Å². The maximum absolute atomic E-state index is 12.7. The molecule has 138 valence electrons. The van der Waals surface area contributed by atoms with Gasteiger partial charge >= 0.3 is 0 Å². The first-order chi connectivity index (χ1) is 12.9. The minimum absolute atomic E-state index is 0.0549. The maximum atomic E-state index is 12.7. The summed E-state index contributed by atoms with van der Waals surface area (Å²) in [6, 6.07) is 8.23. The number of H-pyrrole nitrogens is 1. The fourth-order valence-electron chi connectivity index (χ4n) is 3.21. The van der Waals surface area contributed by atoms with E-state index in [-0.39, 0.29) is 5.78 Å². The lowest BCUT2D eigenvalue weighted by Crippen LogP contribution is -2.20. The summed E-state index contributed by atoms with van der Waals surface area (Å²) in [6.07, 6.45) is 4.23. The van der Waals surface area contributed by atoms with Gasteiger partial charge in [-0.2, -0.15) is 0 Å². The molecule has 6 nitrogen and oxygen atoms in total. The molecule has 6 heteroatoms. The molecular formula is C21H23N5O. The molecule has 27 heavy (non-hydrogen) atoms. The van der Waals surface area contributed by atoms with Crippen molar-refractivity contribution in [2.24, 2.45) is 10.4 Å². The number of hydrogen-bond acceptors (Lipinski definition) is 5. The van der Waals surface area contributed by atoms with Crippen molar-refractivity contribution in [3.8, 4) is 11.3 Å². The average Bonchev–Trinajstić information content (AvgIpc) is 3.29. The van der Waals surface area contributed by atoms with Crippen molar-refractivity contribution in [3.63, 3.8) is 0 Å². The second kappa shape index (κ2) is 6.61. The van der Waals surface area contributed by atoms with Crippen LogP contribution < -0.4 is 5.32 Å². The molecule has 0 atom stereocenters. The third kappa shape index (κ3) is 3.47. The Kier molecular flexibility index (Phi) is 4.26. The zero-order valence-electron chi connectivity index (χ0n) is 15.8. The van der Waals surface area contributed by atoms with Gasteiger partial charge in [0.15, 0.2) is 11.4 Å². The van der Waals surface area contributed by atoms with Crippen LogP contribution in [0.4, 0.5) is 0 Å². The van der Waals surface area contributed by atoms with Crippen LogP contribution in [0.2, 0.25) is 0 Å². The second-order valence-corrected chi connectivity index (χ2v) is 7.87. The molecule has 1 aliphatic heterocycles. The number of aromatic nitrogens is 3. The van der Waals surface area contributed by atoms with Gasteiger partial charge in [0, 0.05) is 30.1 Å². The van der Waals surface area contributed by atoms with Crippen LogP contribution in [-0.4, -0.2) is 39.7 Å². The number of carbonyl (C=O) groups excluding carboxylic acids is 1. The van der Waals surface area contributed by atoms with Gasteiger partial charge in [-0.15, -0.1) is 0 Å². The van der Waals surface area contributed by atoms with Crippen LogP contribution in [0.25, 0.3) is 22.4 Å².